The highest BCUT2D eigenvalue weighted by Gasteiger charge is 2.49. The maximum Gasteiger partial charge on any atom is 0.524 e. The van der Waals surface area contributed by atoms with Crippen LogP contribution in [0.3, 0.4) is 0 Å². The second-order valence-electron chi connectivity index (χ2n) is 9.34. The molecule has 0 aliphatic heterocycles. The van der Waals surface area contributed by atoms with E-state index in [9.17, 15) is 9.59 Å². The van der Waals surface area contributed by atoms with Gasteiger partial charge in [0.25, 0.3) is 0 Å². The van der Waals surface area contributed by atoms with Crippen molar-refractivity contribution in [2.24, 2.45) is 5.92 Å². The number of benzene rings is 1. The number of carboxylic acids is 1. The Morgan fingerprint density at radius 1 is 1.00 bits per heavy atom. The maximum absolute atomic E-state index is 12.5. The van der Waals surface area contributed by atoms with E-state index in [1.807, 2.05) is 39.8 Å². The Balaban J connectivity index is 1.73. The molecule has 1 aromatic rings. The molecule has 1 atom stereocenters. The monoisotopic (exact) mass is 535 g/mol. The van der Waals surface area contributed by atoms with Crippen molar-refractivity contribution in [3.8, 4) is 0 Å². The van der Waals surface area contributed by atoms with Crippen LogP contribution in [0, 0.1) is 5.92 Å². The molecule has 0 radical (unpaired) electrons. The summed E-state index contributed by atoms with van der Waals surface area (Å²) >= 11 is 0. The predicted octanol–water partition coefficient (Wildman–Crippen LogP) is 5.93. The Bertz CT molecular complexity index is 820. The average molecular weight is 536 g/mol. The highest BCUT2D eigenvalue weighted by Crippen LogP contribution is 2.37. The van der Waals surface area contributed by atoms with Crippen LogP contribution in [0.25, 0.3) is 6.08 Å². The summed E-state index contributed by atoms with van der Waals surface area (Å²) in [4.78, 5) is 23.2. The lowest BCUT2D eigenvalue weighted by Gasteiger charge is -2.34. The number of hydrogen-bond donors (Lipinski definition) is 2. The van der Waals surface area contributed by atoms with E-state index in [4.69, 9.17) is 23.1 Å². The topological polar surface area (TPSA) is 103 Å². The molecule has 1 aliphatic rings. The number of carbonyl (C=O) groups is 2. The molecule has 1 aromatic carbocycles. The second-order valence-corrected chi connectivity index (χ2v) is 12.1. The minimum absolute atomic E-state index is 0.350. The van der Waals surface area contributed by atoms with Gasteiger partial charge in [-0.05, 0) is 94.8 Å². The molecule has 0 aromatic heterocycles. The molecular formula is C28H45NO7Si. The van der Waals surface area contributed by atoms with Crippen LogP contribution in [-0.2, 0) is 22.8 Å². The van der Waals surface area contributed by atoms with E-state index in [0.717, 1.165) is 37.3 Å². The maximum atomic E-state index is 12.5. The van der Waals surface area contributed by atoms with Crippen LogP contribution in [0.4, 0.5) is 4.79 Å². The lowest BCUT2D eigenvalue weighted by molar-refractivity contribution is -0.131. The summed E-state index contributed by atoms with van der Waals surface area (Å²) in [6, 6.07) is 8.19. The lowest BCUT2D eigenvalue weighted by atomic mass is 9.77. The SMILES string of the molecule is CCO[Si](OCC)(OCC)C(CC)NC(=O)OCCCC1CCC(c2ccc(/C=C/C(=O)O)cc2)CC1. The van der Waals surface area contributed by atoms with Crippen LogP contribution in [-0.4, -0.2) is 58.1 Å². The van der Waals surface area contributed by atoms with Crippen LogP contribution in [0.2, 0.25) is 0 Å². The number of carbonyl (C=O) groups excluding carboxylic acids is 1. The van der Waals surface area contributed by atoms with E-state index in [-0.39, 0.29) is 5.67 Å². The summed E-state index contributed by atoms with van der Waals surface area (Å²) in [5, 5.41) is 11.7. The number of amides is 1. The molecule has 0 spiro atoms. The molecule has 37 heavy (non-hydrogen) atoms. The largest absolute Gasteiger partial charge is 0.524 e. The molecule has 8 nitrogen and oxygen atoms in total. The van der Waals surface area contributed by atoms with Gasteiger partial charge in [-0.25, -0.2) is 9.59 Å². The van der Waals surface area contributed by atoms with Crippen LogP contribution in [0.1, 0.15) is 89.7 Å². The number of ether oxygens (including phenoxy) is 1. The number of rotatable bonds is 16. The Labute approximate surface area is 223 Å². The molecule has 0 saturated heterocycles. The average Bonchev–Trinajstić information content (AvgIpc) is 2.89. The lowest BCUT2D eigenvalue weighted by Crippen LogP contribution is -2.62. The van der Waals surface area contributed by atoms with Crippen molar-refractivity contribution in [2.75, 3.05) is 26.4 Å². The zero-order valence-electron chi connectivity index (χ0n) is 22.9. The molecule has 0 heterocycles. The van der Waals surface area contributed by atoms with E-state index in [2.05, 4.69) is 17.4 Å². The van der Waals surface area contributed by atoms with Gasteiger partial charge in [0.05, 0.1) is 6.61 Å². The molecule has 1 saturated carbocycles. The van der Waals surface area contributed by atoms with Gasteiger partial charge in [-0.1, -0.05) is 31.2 Å². The quantitative estimate of drug-likeness (QED) is 0.154. The van der Waals surface area contributed by atoms with Gasteiger partial charge in [0.1, 0.15) is 5.67 Å². The third kappa shape index (κ3) is 10.2. The number of hydrogen-bond acceptors (Lipinski definition) is 6. The van der Waals surface area contributed by atoms with Crippen molar-refractivity contribution < 1.29 is 32.7 Å². The van der Waals surface area contributed by atoms with Crippen LogP contribution in [0.15, 0.2) is 30.3 Å². The van der Waals surface area contributed by atoms with Gasteiger partial charge in [0.15, 0.2) is 0 Å². The molecule has 2 rings (SSSR count). The molecule has 1 amide bonds. The zero-order chi connectivity index (χ0) is 27.1. The molecule has 1 aliphatic carbocycles. The van der Waals surface area contributed by atoms with Crippen LogP contribution >= 0.6 is 0 Å². The Kier molecular flexibility index (Phi) is 13.9. The molecule has 208 valence electrons. The van der Waals surface area contributed by atoms with Gasteiger partial charge in [-0.15, -0.1) is 0 Å². The summed E-state index contributed by atoms with van der Waals surface area (Å²) in [6.45, 7) is 9.43. The van der Waals surface area contributed by atoms with Crippen molar-refractivity contribution in [1.82, 2.24) is 5.32 Å². The van der Waals surface area contributed by atoms with Crippen molar-refractivity contribution >= 4 is 26.9 Å². The Hall–Kier alpha value is -2.20. The van der Waals surface area contributed by atoms with Gasteiger partial charge < -0.3 is 28.4 Å². The first-order chi connectivity index (χ1) is 17.9. The minimum Gasteiger partial charge on any atom is -0.478 e. The number of aliphatic carboxylic acids is 1. The first-order valence-corrected chi connectivity index (χ1v) is 15.5. The summed E-state index contributed by atoms with van der Waals surface area (Å²) in [5.74, 6) is 0.261. The number of alkyl carbamates (subject to hydrolysis) is 1. The van der Waals surface area contributed by atoms with Gasteiger partial charge in [0, 0.05) is 25.9 Å². The summed E-state index contributed by atoms with van der Waals surface area (Å²) in [6.07, 6.45) is 9.47. The molecule has 1 unspecified atom stereocenters. The Morgan fingerprint density at radius 2 is 1.59 bits per heavy atom. The number of nitrogens with one attached hydrogen (secondary N) is 1. The Morgan fingerprint density at radius 3 is 2.11 bits per heavy atom. The van der Waals surface area contributed by atoms with Gasteiger partial charge in [0.2, 0.25) is 0 Å². The smallest absolute Gasteiger partial charge is 0.478 e. The molecular weight excluding hydrogens is 490 g/mol. The van der Waals surface area contributed by atoms with Gasteiger partial charge in [-0.2, -0.15) is 0 Å². The van der Waals surface area contributed by atoms with E-state index in [1.54, 1.807) is 6.08 Å². The van der Waals surface area contributed by atoms with E-state index >= 15 is 0 Å². The summed E-state index contributed by atoms with van der Waals surface area (Å²) in [5.41, 5.74) is 1.87. The highest BCUT2D eigenvalue weighted by molar-refractivity contribution is 6.62. The van der Waals surface area contributed by atoms with Crippen LogP contribution in [0.5, 0.6) is 0 Å². The highest BCUT2D eigenvalue weighted by atomic mass is 28.4. The van der Waals surface area contributed by atoms with Crippen LogP contribution < -0.4 is 5.32 Å². The summed E-state index contributed by atoms with van der Waals surface area (Å²) in [7, 11) is -3.05. The molecule has 0 bridgehead atoms. The molecule has 2 N–H and O–H groups in total. The van der Waals surface area contributed by atoms with E-state index in [0.29, 0.717) is 44.7 Å². The fraction of sp³-hybridized carbons (Fsp3) is 0.643. The third-order valence-corrected chi connectivity index (χ3v) is 10.3. The van der Waals surface area contributed by atoms with E-state index in [1.165, 1.54) is 18.4 Å². The molecule has 1 fully saturated rings. The van der Waals surface area contributed by atoms with Gasteiger partial charge in [-0.3, -0.25) is 0 Å². The summed E-state index contributed by atoms with van der Waals surface area (Å²) < 4.78 is 23.3. The number of carboxylic acid groups (broad SMARTS) is 1. The van der Waals surface area contributed by atoms with Gasteiger partial charge >= 0.3 is 20.9 Å². The predicted molar refractivity (Wildman–Crippen MR) is 146 cm³/mol. The van der Waals surface area contributed by atoms with Crippen molar-refractivity contribution in [2.45, 2.75) is 84.2 Å². The zero-order valence-corrected chi connectivity index (χ0v) is 23.9. The first kappa shape index (κ1) is 31.0. The fourth-order valence-electron chi connectivity index (χ4n) is 5.02. The third-order valence-electron chi connectivity index (χ3n) is 6.83. The standard InChI is InChI=1S/C28H45NO7Si/c1-5-26(37(34-6-2,35-7-3)36-8-4)29-28(32)33-21-9-10-22-11-16-24(17-12-22)25-18-13-23(14-19-25)15-20-27(30)31/h13-15,18-20,22,24,26H,5-12,16-17,21H2,1-4H3,(H,29,32)(H,30,31)/b20-15+. The first-order valence-electron chi connectivity index (χ1n) is 13.7. The fourth-order valence-corrected chi connectivity index (χ4v) is 7.88. The normalized spacial score (nSPS) is 19.0. The van der Waals surface area contributed by atoms with Crippen molar-refractivity contribution in [1.29, 1.82) is 0 Å². The second kappa shape index (κ2) is 16.6. The van der Waals surface area contributed by atoms with Crippen molar-refractivity contribution in [3.05, 3.63) is 41.5 Å². The van der Waals surface area contributed by atoms with Crippen molar-refractivity contribution in [3.63, 3.8) is 0 Å². The van der Waals surface area contributed by atoms with E-state index < -0.39 is 20.9 Å². The minimum atomic E-state index is -3.05. The molecule has 9 heteroatoms.